The quantitative estimate of drug-likeness (QED) is 0.899. The Morgan fingerprint density at radius 3 is 2.48 bits per heavy atom. The molecule has 1 aromatic carbocycles. The second-order valence-corrected chi connectivity index (χ2v) is 7.50. The van der Waals surface area contributed by atoms with Crippen LogP contribution in [0.1, 0.15) is 64.0 Å². The van der Waals surface area contributed by atoms with Crippen molar-refractivity contribution in [3.63, 3.8) is 0 Å². The summed E-state index contributed by atoms with van der Waals surface area (Å²) in [7, 11) is 0. The molecule has 1 aliphatic carbocycles. The highest BCUT2D eigenvalue weighted by molar-refractivity contribution is 5.79. The Labute approximate surface area is 140 Å². The number of hydrogen-bond acceptors (Lipinski definition) is 2. The Morgan fingerprint density at radius 1 is 1.13 bits per heavy atom. The fourth-order valence-corrected chi connectivity index (χ4v) is 4.00. The predicted octanol–water partition coefficient (Wildman–Crippen LogP) is 4.29. The Hall–Kier alpha value is -1.51. The molecule has 1 saturated carbocycles. The molecule has 2 aliphatic rings. The van der Waals surface area contributed by atoms with Crippen LogP contribution < -0.4 is 10.2 Å². The van der Waals surface area contributed by atoms with E-state index < -0.39 is 0 Å². The summed E-state index contributed by atoms with van der Waals surface area (Å²) >= 11 is 0. The highest BCUT2D eigenvalue weighted by atomic mass is 16.1. The smallest absolute Gasteiger partial charge is 0.223 e. The van der Waals surface area contributed by atoms with Crippen LogP contribution in [-0.2, 0) is 4.79 Å². The van der Waals surface area contributed by atoms with Gasteiger partial charge in [0.2, 0.25) is 5.91 Å². The van der Waals surface area contributed by atoms with Crippen LogP contribution in [0, 0.1) is 11.8 Å². The van der Waals surface area contributed by atoms with Gasteiger partial charge in [0.1, 0.15) is 0 Å². The van der Waals surface area contributed by atoms with Gasteiger partial charge < -0.3 is 10.2 Å². The van der Waals surface area contributed by atoms with Gasteiger partial charge in [-0.15, -0.1) is 0 Å². The number of carbonyl (C=O) groups excluding carboxylic acids is 1. The van der Waals surface area contributed by atoms with Gasteiger partial charge in [-0.25, -0.2) is 0 Å². The van der Waals surface area contributed by atoms with Crippen molar-refractivity contribution in [1.29, 1.82) is 0 Å². The topological polar surface area (TPSA) is 32.3 Å². The Bertz CT molecular complexity index is 519. The van der Waals surface area contributed by atoms with Crippen molar-refractivity contribution in [2.75, 3.05) is 18.0 Å². The van der Waals surface area contributed by atoms with Crippen LogP contribution in [0.4, 0.5) is 5.69 Å². The van der Waals surface area contributed by atoms with Crippen LogP contribution in [0.25, 0.3) is 0 Å². The lowest BCUT2D eigenvalue weighted by molar-refractivity contribution is -0.125. The molecule has 0 radical (unpaired) electrons. The lowest BCUT2D eigenvalue weighted by Gasteiger charge is -2.33. The zero-order valence-electron chi connectivity index (χ0n) is 14.6. The maximum Gasteiger partial charge on any atom is 0.223 e. The summed E-state index contributed by atoms with van der Waals surface area (Å²) in [5, 5.41) is 3.19. The zero-order chi connectivity index (χ0) is 16.2. The molecule has 3 rings (SSSR count). The number of hydrogen-bond donors (Lipinski definition) is 1. The first-order valence-corrected chi connectivity index (χ1v) is 9.29. The van der Waals surface area contributed by atoms with Crippen molar-refractivity contribution in [3.05, 3.63) is 29.8 Å². The average molecular weight is 314 g/mol. The van der Waals surface area contributed by atoms with Gasteiger partial charge in [0, 0.05) is 24.7 Å². The van der Waals surface area contributed by atoms with Crippen molar-refractivity contribution in [2.45, 2.75) is 58.4 Å². The van der Waals surface area contributed by atoms with E-state index in [4.69, 9.17) is 0 Å². The number of nitrogens with zero attached hydrogens (tertiary/aromatic N) is 1. The average Bonchev–Trinajstić information content (AvgIpc) is 3.09. The van der Waals surface area contributed by atoms with Gasteiger partial charge >= 0.3 is 0 Å². The van der Waals surface area contributed by atoms with E-state index >= 15 is 0 Å². The second kappa shape index (κ2) is 7.37. The van der Waals surface area contributed by atoms with Crippen molar-refractivity contribution < 1.29 is 4.79 Å². The minimum Gasteiger partial charge on any atom is -0.371 e. The first-order valence-electron chi connectivity index (χ1n) is 9.29. The number of amides is 1. The Kier molecular flexibility index (Phi) is 5.24. The van der Waals surface area contributed by atoms with Gasteiger partial charge in [-0.3, -0.25) is 4.79 Å². The highest BCUT2D eigenvalue weighted by Gasteiger charge is 2.24. The van der Waals surface area contributed by atoms with Gasteiger partial charge in [0.15, 0.2) is 0 Å². The van der Waals surface area contributed by atoms with E-state index in [1.54, 1.807) is 0 Å². The number of anilines is 1. The SMILES string of the molecule is C[C@@H]1CCCN(c2ccc([C@H](C)NC(=O)C3CCCC3)cc2)C1. The normalized spacial score (nSPS) is 23.7. The van der Waals surface area contributed by atoms with Crippen LogP contribution in [-0.4, -0.2) is 19.0 Å². The summed E-state index contributed by atoms with van der Waals surface area (Å²) in [6.07, 6.45) is 7.16. The fraction of sp³-hybridized carbons (Fsp3) is 0.650. The van der Waals surface area contributed by atoms with Crippen molar-refractivity contribution in [1.82, 2.24) is 5.32 Å². The third kappa shape index (κ3) is 4.07. The van der Waals surface area contributed by atoms with Crippen LogP contribution >= 0.6 is 0 Å². The van der Waals surface area contributed by atoms with Gasteiger partial charge in [-0.05, 0) is 56.2 Å². The minimum atomic E-state index is 0.0948. The van der Waals surface area contributed by atoms with Gasteiger partial charge in [0.05, 0.1) is 6.04 Å². The first-order chi connectivity index (χ1) is 11.1. The third-order valence-corrected chi connectivity index (χ3v) is 5.50. The molecule has 2 atom stereocenters. The van der Waals surface area contributed by atoms with E-state index in [1.165, 1.54) is 36.9 Å². The lowest BCUT2D eigenvalue weighted by atomic mass is 9.99. The Morgan fingerprint density at radius 2 is 1.83 bits per heavy atom. The van der Waals surface area contributed by atoms with E-state index in [9.17, 15) is 4.79 Å². The maximum atomic E-state index is 12.3. The van der Waals surface area contributed by atoms with E-state index in [-0.39, 0.29) is 17.9 Å². The summed E-state index contributed by atoms with van der Waals surface area (Å²) in [5.74, 6) is 1.27. The molecule has 0 spiro atoms. The molecule has 1 saturated heterocycles. The van der Waals surface area contributed by atoms with Crippen LogP contribution in [0.3, 0.4) is 0 Å². The third-order valence-electron chi connectivity index (χ3n) is 5.50. The standard InChI is InChI=1S/C20H30N2O/c1-15-6-5-13-22(14-15)19-11-9-17(10-12-19)16(2)21-20(23)18-7-3-4-8-18/h9-12,15-16,18H,3-8,13-14H2,1-2H3,(H,21,23)/t15-,16+/m1/s1. The molecule has 1 aromatic rings. The molecule has 3 nitrogen and oxygen atoms in total. The number of rotatable bonds is 4. The summed E-state index contributed by atoms with van der Waals surface area (Å²) in [5.41, 5.74) is 2.51. The lowest BCUT2D eigenvalue weighted by Crippen LogP contribution is -2.34. The highest BCUT2D eigenvalue weighted by Crippen LogP contribution is 2.27. The fourth-order valence-electron chi connectivity index (χ4n) is 4.00. The molecular weight excluding hydrogens is 284 g/mol. The minimum absolute atomic E-state index is 0.0948. The molecule has 1 aliphatic heterocycles. The molecule has 2 fully saturated rings. The number of piperidine rings is 1. The van der Waals surface area contributed by atoms with E-state index in [0.29, 0.717) is 0 Å². The second-order valence-electron chi connectivity index (χ2n) is 7.50. The molecule has 1 N–H and O–H groups in total. The molecule has 1 amide bonds. The molecule has 126 valence electrons. The first kappa shape index (κ1) is 16.4. The number of carbonyl (C=O) groups is 1. The monoisotopic (exact) mass is 314 g/mol. The summed E-state index contributed by atoms with van der Waals surface area (Å²) in [6.45, 7) is 6.75. The van der Waals surface area contributed by atoms with Crippen LogP contribution in [0.5, 0.6) is 0 Å². The molecule has 23 heavy (non-hydrogen) atoms. The van der Waals surface area contributed by atoms with Crippen molar-refractivity contribution >= 4 is 11.6 Å². The molecule has 0 bridgehead atoms. The molecular formula is C20H30N2O. The van der Waals surface area contributed by atoms with E-state index in [2.05, 4.69) is 48.3 Å². The largest absolute Gasteiger partial charge is 0.371 e. The summed E-state index contributed by atoms with van der Waals surface area (Å²) in [6, 6.07) is 8.87. The van der Waals surface area contributed by atoms with Gasteiger partial charge in [0.25, 0.3) is 0 Å². The maximum absolute atomic E-state index is 12.3. The Balaban J connectivity index is 1.58. The summed E-state index contributed by atoms with van der Waals surface area (Å²) in [4.78, 5) is 14.7. The zero-order valence-corrected chi connectivity index (χ0v) is 14.6. The molecule has 0 aromatic heterocycles. The number of benzene rings is 1. The van der Waals surface area contributed by atoms with Gasteiger partial charge in [-0.1, -0.05) is 31.9 Å². The molecule has 1 heterocycles. The van der Waals surface area contributed by atoms with Crippen LogP contribution in [0.15, 0.2) is 24.3 Å². The van der Waals surface area contributed by atoms with E-state index in [0.717, 1.165) is 31.8 Å². The number of nitrogens with one attached hydrogen (secondary N) is 1. The van der Waals surface area contributed by atoms with Gasteiger partial charge in [-0.2, -0.15) is 0 Å². The van der Waals surface area contributed by atoms with Crippen LogP contribution in [0.2, 0.25) is 0 Å². The summed E-state index contributed by atoms with van der Waals surface area (Å²) < 4.78 is 0. The molecule has 0 unspecified atom stereocenters. The van der Waals surface area contributed by atoms with Crippen molar-refractivity contribution in [2.24, 2.45) is 11.8 Å². The predicted molar refractivity (Wildman–Crippen MR) is 95.6 cm³/mol. The molecule has 3 heteroatoms. The van der Waals surface area contributed by atoms with Crippen molar-refractivity contribution in [3.8, 4) is 0 Å². The van der Waals surface area contributed by atoms with E-state index in [1.807, 2.05) is 0 Å².